The molecule has 3 rings (SSSR count). The molecule has 0 saturated carbocycles. The zero-order valence-corrected chi connectivity index (χ0v) is 16.4. The number of hydrogen-bond donors (Lipinski definition) is 1. The number of carbonyl (C=O) groups is 1. The number of ether oxygens (including phenoxy) is 2. The van der Waals surface area contributed by atoms with Crippen molar-refractivity contribution in [1.29, 1.82) is 0 Å². The Kier molecular flexibility index (Phi) is 6.32. The maximum absolute atomic E-state index is 12.6. The molecule has 1 aromatic heterocycles. The zero-order chi connectivity index (χ0) is 18.7. The molecule has 7 heteroatoms. The molecule has 0 aliphatic carbocycles. The zero-order valence-electron chi connectivity index (χ0n) is 16.4. The Morgan fingerprint density at radius 1 is 1.35 bits per heavy atom. The molecule has 0 aromatic carbocycles. The summed E-state index contributed by atoms with van der Waals surface area (Å²) in [6.45, 7) is 6.27. The Balaban J connectivity index is 1.68. The predicted molar refractivity (Wildman–Crippen MR) is 98.7 cm³/mol. The van der Waals surface area contributed by atoms with E-state index in [0.29, 0.717) is 25.6 Å². The summed E-state index contributed by atoms with van der Waals surface area (Å²) in [4.78, 5) is 14.6. The van der Waals surface area contributed by atoms with Crippen LogP contribution in [0.5, 0.6) is 0 Å². The van der Waals surface area contributed by atoms with Crippen LogP contribution in [0, 0.1) is 5.92 Å². The molecule has 2 aliphatic heterocycles. The summed E-state index contributed by atoms with van der Waals surface area (Å²) >= 11 is 0. The average molecular weight is 364 g/mol. The first-order chi connectivity index (χ1) is 12.5. The third kappa shape index (κ3) is 4.45. The first kappa shape index (κ1) is 19.3. The van der Waals surface area contributed by atoms with Crippen LogP contribution < -0.4 is 5.32 Å². The highest BCUT2D eigenvalue weighted by atomic mass is 16.5. The number of aromatic nitrogens is 2. The first-order valence-corrected chi connectivity index (χ1v) is 9.63. The summed E-state index contributed by atoms with van der Waals surface area (Å²) in [5, 5.41) is 8.03. The lowest BCUT2D eigenvalue weighted by Gasteiger charge is -2.34. The van der Waals surface area contributed by atoms with E-state index in [4.69, 9.17) is 9.47 Å². The summed E-state index contributed by atoms with van der Waals surface area (Å²) in [7, 11) is 3.59. The summed E-state index contributed by atoms with van der Waals surface area (Å²) in [5.41, 5.74) is 1.11. The topological polar surface area (TPSA) is 68.6 Å². The Bertz CT molecular complexity index is 595. The Morgan fingerprint density at radius 3 is 2.69 bits per heavy atom. The fraction of sp³-hybridized carbons (Fsp3) is 0.789. The molecule has 4 atom stereocenters. The van der Waals surface area contributed by atoms with Crippen molar-refractivity contribution < 1.29 is 14.3 Å². The molecule has 7 nitrogen and oxygen atoms in total. The number of aryl methyl sites for hydroxylation is 1. The molecule has 0 radical (unpaired) electrons. The highest BCUT2D eigenvalue weighted by Crippen LogP contribution is 2.37. The lowest BCUT2D eigenvalue weighted by molar-refractivity contribution is -0.129. The SMILES string of the molecule is COCCN1C(=O)C[C@@H](CNC2C[C@H](C)O[C@@H](C)C2)[C@@H]1c1cnn(C)c1. The number of amides is 1. The van der Waals surface area contributed by atoms with Gasteiger partial charge >= 0.3 is 0 Å². The molecule has 1 aromatic rings. The van der Waals surface area contributed by atoms with Crippen molar-refractivity contribution in [2.24, 2.45) is 13.0 Å². The summed E-state index contributed by atoms with van der Waals surface area (Å²) in [6.07, 6.45) is 7.10. The smallest absolute Gasteiger partial charge is 0.223 e. The molecule has 3 heterocycles. The van der Waals surface area contributed by atoms with Gasteiger partial charge in [0.2, 0.25) is 5.91 Å². The van der Waals surface area contributed by atoms with Crippen LogP contribution in [0.25, 0.3) is 0 Å². The number of methoxy groups -OCH3 is 1. The number of likely N-dealkylation sites (tertiary alicyclic amines) is 1. The third-order valence-corrected chi connectivity index (χ3v) is 5.51. The number of carbonyl (C=O) groups excluding carboxylic acids is 1. The van der Waals surface area contributed by atoms with Crippen LogP contribution in [0.4, 0.5) is 0 Å². The fourth-order valence-corrected chi connectivity index (χ4v) is 4.43. The van der Waals surface area contributed by atoms with E-state index in [2.05, 4.69) is 24.3 Å². The molecule has 0 bridgehead atoms. The van der Waals surface area contributed by atoms with Gasteiger partial charge in [-0.05, 0) is 26.7 Å². The van der Waals surface area contributed by atoms with E-state index in [0.717, 1.165) is 24.9 Å². The van der Waals surface area contributed by atoms with Crippen LogP contribution in [0.1, 0.15) is 44.7 Å². The Labute approximate surface area is 156 Å². The molecule has 2 fully saturated rings. The fourth-order valence-electron chi connectivity index (χ4n) is 4.43. The van der Waals surface area contributed by atoms with Crippen molar-refractivity contribution in [3.63, 3.8) is 0 Å². The van der Waals surface area contributed by atoms with Crippen LogP contribution >= 0.6 is 0 Å². The third-order valence-electron chi connectivity index (χ3n) is 5.51. The maximum Gasteiger partial charge on any atom is 0.223 e. The summed E-state index contributed by atoms with van der Waals surface area (Å²) in [5.74, 6) is 0.452. The minimum atomic E-state index is 0.0635. The number of rotatable bonds is 7. The standard InChI is InChI=1S/C19H32N4O3/c1-13-7-17(8-14(2)26-13)20-10-15-9-18(24)23(5-6-25-4)19(15)16-11-21-22(3)12-16/h11-15,17,19-20H,5-10H2,1-4H3/t13-,14-,15-,19+/m0/s1. The minimum absolute atomic E-state index is 0.0635. The van der Waals surface area contributed by atoms with Crippen molar-refractivity contribution in [3.05, 3.63) is 18.0 Å². The predicted octanol–water partition coefficient (Wildman–Crippen LogP) is 1.50. The van der Waals surface area contributed by atoms with E-state index in [-0.39, 0.29) is 30.1 Å². The van der Waals surface area contributed by atoms with Gasteiger partial charge in [-0.2, -0.15) is 5.10 Å². The van der Waals surface area contributed by atoms with E-state index < -0.39 is 0 Å². The molecule has 2 saturated heterocycles. The van der Waals surface area contributed by atoms with Gasteiger partial charge < -0.3 is 19.7 Å². The van der Waals surface area contributed by atoms with Gasteiger partial charge in [0.05, 0.1) is 31.1 Å². The van der Waals surface area contributed by atoms with Gasteiger partial charge in [0.25, 0.3) is 0 Å². The van der Waals surface area contributed by atoms with E-state index >= 15 is 0 Å². The average Bonchev–Trinajstić information content (AvgIpc) is 3.13. The van der Waals surface area contributed by atoms with Crippen molar-refractivity contribution in [2.45, 2.75) is 57.4 Å². The lowest BCUT2D eigenvalue weighted by Crippen LogP contribution is -2.43. The number of nitrogens with zero attached hydrogens (tertiary/aromatic N) is 3. The normalized spacial score (nSPS) is 32.4. The molecule has 0 spiro atoms. The molecule has 1 amide bonds. The van der Waals surface area contributed by atoms with Crippen molar-refractivity contribution in [3.8, 4) is 0 Å². The highest BCUT2D eigenvalue weighted by Gasteiger charge is 2.41. The number of nitrogens with one attached hydrogen (secondary N) is 1. The second-order valence-corrected chi connectivity index (χ2v) is 7.77. The van der Waals surface area contributed by atoms with Gasteiger partial charge in [-0.25, -0.2) is 0 Å². The van der Waals surface area contributed by atoms with Crippen LogP contribution in [0.3, 0.4) is 0 Å². The van der Waals surface area contributed by atoms with Gasteiger partial charge in [-0.3, -0.25) is 9.48 Å². The van der Waals surface area contributed by atoms with Gasteiger partial charge in [0.1, 0.15) is 0 Å². The van der Waals surface area contributed by atoms with Crippen LogP contribution in [0.2, 0.25) is 0 Å². The van der Waals surface area contributed by atoms with Crippen LogP contribution in [0.15, 0.2) is 12.4 Å². The maximum atomic E-state index is 12.6. The molecule has 2 aliphatic rings. The molecule has 1 N–H and O–H groups in total. The molecular formula is C19H32N4O3. The quantitative estimate of drug-likeness (QED) is 0.794. The van der Waals surface area contributed by atoms with E-state index in [9.17, 15) is 4.79 Å². The van der Waals surface area contributed by atoms with E-state index in [1.54, 1.807) is 11.8 Å². The van der Waals surface area contributed by atoms with Crippen molar-refractivity contribution in [2.75, 3.05) is 26.8 Å². The van der Waals surface area contributed by atoms with Crippen LogP contribution in [-0.4, -0.2) is 65.6 Å². The second kappa shape index (κ2) is 8.50. The Hall–Kier alpha value is -1.44. The second-order valence-electron chi connectivity index (χ2n) is 7.77. The minimum Gasteiger partial charge on any atom is -0.383 e. The largest absolute Gasteiger partial charge is 0.383 e. The molecular weight excluding hydrogens is 332 g/mol. The van der Waals surface area contributed by atoms with Gasteiger partial charge in [-0.1, -0.05) is 0 Å². The summed E-state index contributed by atoms with van der Waals surface area (Å²) < 4.78 is 12.8. The monoisotopic (exact) mass is 364 g/mol. The number of hydrogen-bond acceptors (Lipinski definition) is 5. The summed E-state index contributed by atoms with van der Waals surface area (Å²) in [6, 6.07) is 0.514. The first-order valence-electron chi connectivity index (χ1n) is 9.63. The van der Waals surface area contributed by atoms with Gasteiger partial charge in [0, 0.05) is 57.4 Å². The highest BCUT2D eigenvalue weighted by molar-refractivity contribution is 5.79. The van der Waals surface area contributed by atoms with Crippen LogP contribution in [-0.2, 0) is 21.3 Å². The van der Waals surface area contributed by atoms with Gasteiger partial charge in [0.15, 0.2) is 0 Å². The molecule has 26 heavy (non-hydrogen) atoms. The lowest BCUT2D eigenvalue weighted by atomic mass is 9.93. The van der Waals surface area contributed by atoms with Gasteiger partial charge in [-0.15, -0.1) is 0 Å². The molecule has 146 valence electrons. The van der Waals surface area contributed by atoms with E-state index in [1.165, 1.54) is 0 Å². The Morgan fingerprint density at radius 2 is 2.08 bits per heavy atom. The molecule has 0 unspecified atom stereocenters. The van der Waals surface area contributed by atoms with Crippen molar-refractivity contribution in [1.82, 2.24) is 20.0 Å². The van der Waals surface area contributed by atoms with E-state index in [1.807, 2.05) is 24.3 Å². The van der Waals surface area contributed by atoms with Crippen molar-refractivity contribution >= 4 is 5.91 Å².